The summed E-state index contributed by atoms with van der Waals surface area (Å²) in [5, 5.41) is 9.98. The molecule has 0 bridgehead atoms. The molecule has 1 unspecified atom stereocenters. The first-order valence-corrected chi connectivity index (χ1v) is 6.78. The smallest absolute Gasteiger partial charge is 0.153 e. The molecule has 0 saturated heterocycles. The molecule has 0 aliphatic carbocycles. The zero-order valence-electron chi connectivity index (χ0n) is 12.1. The first-order chi connectivity index (χ1) is 9.45. The average Bonchev–Trinajstić information content (AvgIpc) is 2.38. The van der Waals surface area contributed by atoms with E-state index in [9.17, 15) is 9.90 Å². The molecule has 0 radical (unpaired) electrons. The maximum Gasteiger partial charge on any atom is 0.153 e. The summed E-state index contributed by atoms with van der Waals surface area (Å²) in [6.07, 6.45) is 8.42. The molecule has 2 rings (SSSR count). The molecule has 1 N–H and O–H groups in total. The van der Waals surface area contributed by atoms with Gasteiger partial charge in [0.2, 0.25) is 0 Å². The minimum Gasteiger partial charge on any atom is -0.506 e. The standard InChI is InChI=1S/C17H20O3/c1-12(2)5-4-9-17(3)10-8-14-15(20-17)7-6-13(11-18)16(14)19/h5-8,10-11,19H,4,9H2,1-3H3. The monoisotopic (exact) mass is 272 g/mol. The van der Waals surface area contributed by atoms with Crippen LogP contribution in [0, 0.1) is 0 Å². The molecule has 0 saturated carbocycles. The van der Waals surface area contributed by atoms with Gasteiger partial charge in [-0.3, -0.25) is 4.79 Å². The predicted molar refractivity (Wildman–Crippen MR) is 80.2 cm³/mol. The van der Waals surface area contributed by atoms with Crippen molar-refractivity contribution in [3.05, 3.63) is 41.0 Å². The molecular weight excluding hydrogens is 252 g/mol. The van der Waals surface area contributed by atoms with Crippen LogP contribution in [0.2, 0.25) is 0 Å². The number of aldehydes is 1. The predicted octanol–water partition coefficient (Wildman–Crippen LogP) is 4.12. The van der Waals surface area contributed by atoms with Crippen molar-refractivity contribution >= 4 is 12.4 Å². The van der Waals surface area contributed by atoms with E-state index in [0.717, 1.165) is 12.8 Å². The molecule has 1 atom stereocenters. The molecule has 20 heavy (non-hydrogen) atoms. The van der Waals surface area contributed by atoms with Crippen LogP contribution in [0.15, 0.2) is 29.9 Å². The Balaban J connectivity index is 2.22. The van der Waals surface area contributed by atoms with Gasteiger partial charge in [0.1, 0.15) is 17.1 Å². The number of benzene rings is 1. The van der Waals surface area contributed by atoms with Crippen molar-refractivity contribution in [3.8, 4) is 11.5 Å². The third-order valence-corrected chi connectivity index (χ3v) is 3.47. The highest BCUT2D eigenvalue weighted by Gasteiger charge is 2.28. The molecular formula is C17H20O3. The second-order valence-corrected chi connectivity index (χ2v) is 5.60. The molecule has 3 heteroatoms. The third kappa shape index (κ3) is 2.93. The van der Waals surface area contributed by atoms with E-state index in [2.05, 4.69) is 19.9 Å². The number of rotatable bonds is 4. The Hall–Kier alpha value is -2.03. The first-order valence-electron chi connectivity index (χ1n) is 6.78. The Morgan fingerprint density at radius 2 is 2.15 bits per heavy atom. The van der Waals surface area contributed by atoms with Crippen LogP contribution in [0.1, 0.15) is 49.5 Å². The van der Waals surface area contributed by atoms with Crippen LogP contribution >= 0.6 is 0 Å². The van der Waals surface area contributed by atoms with Gasteiger partial charge in [-0.05, 0) is 57.9 Å². The lowest BCUT2D eigenvalue weighted by Gasteiger charge is -2.31. The summed E-state index contributed by atoms with van der Waals surface area (Å²) in [4.78, 5) is 10.8. The van der Waals surface area contributed by atoms with E-state index in [4.69, 9.17) is 4.74 Å². The minimum atomic E-state index is -0.381. The van der Waals surface area contributed by atoms with E-state index < -0.39 is 0 Å². The van der Waals surface area contributed by atoms with Crippen molar-refractivity contribution in [1.82, 2.24) is 0 Å². The Kier molecular flexibility index (Phi) is 3.98. The topological polar surface area (TPSA) is 46.5 Å². The van der Waals surface area contributed by atoms with Gasteiger partial charge in [0.25, 0.3) is 0 Å². The fourth-order valence-electron chi connectivity index (χ4n) is 2.28. The number of allylic oxidation sites excluding steroid dienone is 2. The van der Waals surface area contributed by atoms with Gasteiger partial charge in [0.05, 0.1) is 11.1 Å². The van der Waals surface area contributed by atoms with Gasteiger partial charge in [0.15, 0.2) is 6.29 Å². The number of phenolic OH excluding ortho intramolecular Hbond substituents is 1. The SMILES string of the molecule is CC(C)=CCCC1(C)C=Cc2c(ccc(C=O)c2O)O1. The highest BCUT2D eigenvalue weighted by molar-refractivity contribution is 5.84. The second kappa shape index (κ2) is 5.53. The summed E-state index contributed by atoms with van der Waals surface area (Å²) in [5.74, 6) is 0.607. The lowest BCUT2D eigenvalue weighted by molar-refractivity contribution is 0.112. The first kappa shape index (κ1) is 14.4. The Morgan fingerprint density at radius 3 is 2.80 bits per heavy atom. The van der Waals surface area contributed by atoms with Crippen LogP contribution in [0.25, 0.3) is 6.08 Å². The van der Waals surface area contributed by atoms with Gasteiger partial charge >= 0.3 is 0 Å². The molecule has 1 aromatic rings. The highest BCUT2D eigenvalue weighted by Crippen LogP contribution is 2.39. The van der Waals surface area contributed by atoms with Gasteiger partial charge in [-0.15, -0.1) is 0 Å². The van der Waals surface area contributed by atoms with Crippen LogP contribution in [0.4, 0.5) is 0 Å². The summed E-state index contributed by atoms with van der Waals surface area (Å²) in [6, 6.07) is 3.32. The number of aromatic hydroxyl groups is 1. The van der Waals surface area contributed by atoms with Crippen molar-refractivity contribution < 1.29 is 14.6 Å². The Bertz CT molecular complexity index is 580. The van der Waals surface area contributed by atoms with Crippen LogP contribution in [-0.2, 0) is 0 Å². The molecule has 3 nitrogen and oxygen atoms in total. The molecule has 106 valence electrons. The fraction of sp³-hybridized carbons (Fsp3) is 0.353. The van der Waals surface area contributed by atoms with Gasteiger partial charge in [-0.1, -0.05) is 11.6 Å². The van der Waals surface area contributed by atoms with Crippen molar-refractivity contribution in [2.75, 3.05) is 0 Å². The third-order valence-electron chi connectivity index (χ3n) is 3.47. The van der Waals surface area contributed by atoms with Gasteiger partial charge < -0.3 is 9.84 Å². The second-order valence-electron chi connectivity index (χ2n) is 5.60. The molecule has 0 aromatic heterocycles. The fourth-order valence-corrected chi connectivity index (χ4v) is 2.28. The summed E-state index contributed by atoms with van der Waals surface area (Å²) in [7, 11) is 0. The molecule has 1 heterocycles. The van der Waals surface area contributed by atoms with Crippen molar-refractivity contribution in [2.45, 2.75) is 39.2 Å². The maximum atomic E-state index is 10.8. The number of fused-ring (bicyclic) bond motifs is 1. The lowest BCUT2D eigenvalue weighted by Crippen LogP contribution is -2.31. The van der Waals surface area contributed by atoms with Crippen LogP contribution in [0.3, 0.4) is 0 Å². The summed E-state index contributed by atoms with van der Waals surface area (Å²) in [5.41, 5.74) is 1.77. The summed E-state index contributed by atoms with van der Waals surface area (Å²) in [6.45, 7) is 6.18. The highest BCUT2D eigenvalue weighted by atomic mass is 16.5. The van der Waals surface area contributed by atoms with Gasteiger partial charge in [0, 0.05) is 0 Å². The molecule has 1 aromatic carbocycles. The van der Waals surface area contributed by atoms with E-state index in [-0.39, 0.29) is 16.9 Å². The van der Waals surface area contributed by atoms with Crippen LogP contribution in [-0.4, -0.2) is 17.0 Å². The quantitative estimate of drug-likeness (QED) is 0.662. The molecule has 1 aliphatic rings. The average molecular weight is 272 g/mol. The number of hydrogen-bond donors (Lipinski definition) is 1. The van der Waals surface area contributed by atoms with Gasteiger partial charge in [-0.25, -0.2) is 0 Å². The molecule has 0 amide bonds. The zero-order valence-corrected chi connectivity index (χ0v) is 12.1. The molecule has 0 fully saturated rings. The van der Waals surface area contributed by atoms with E-state index in [1.807, 2.05) is 19.1 Å². The van der Waals surface area contributed by atoms with E-state index in [1.165, 1.54) is 5.57 Å². The van der Waals surface area contributed by atoms with Gasteiger partial charge in [-0.2, -0.15) is 0 Å². The van der Waals surface area contributed by atoms with E-state index in [0.29, 0.717) is 17.6 Å². The van der Waals surface area contributed by atoms with Crippen molar-refractivity contribution in [2.24, 2.45) is 0 Å². The summed E-state index contributed by atoms with van der Waals surface area (Å²) < 4.78 is 5.99. The molecule has 0 spiro atoms. The number of carbonyl (C=O) groups excluding carboxylic acids is 1. The Labute approximate surface area is 119 Å². The van der Waals surface area contributed by atoms with Crippen molar-refractivity contribution in [1.29, 1.82) is 0 Å². The summed E-state index contributed by atoms with van der Waals surface area (Å²) >= 11 is 0. The van der Waals surface area contributed by atoms with Crippen molar-refractivity contribution in [3.63, 3.8) is 0 Å². The number of carbonyl (C=O) groups is 1. The lowest BCUT2D eigenvalue weighted by atomic mass is 9.94. The maximum absolute atomic E-state index is 10.8. The number of phenols is 1. The minimum absolute atomic E-state index is 0.0138. The Morgan fingerprint density at radius 1 is 1.40 bits per heavy atom. The largest absolute Gasteiger partial charge is 0.506 e. The van der Waals surface area contributed by atoms with Crippen LogP contribution in [0.5, 0.6) is 11.5 Å². The number of hydrogen-bond acceptors (Lipinski definition) is 3. The number of ether oxygens (including phenoxy) is 1. The van der Waals surface area contributed by atoms with Crippen LogP contribution < -0.4 is 4.74 Å². The van der Waals surface area contributed by atoms with E-state index in [1.54, 1.807) is 12.1 Å². The normalized spacial score (nSPS) is 19.9. The molecule has 1 aliphatic heterocycles. The zero-order chi connectivity index (χ0) is 14.8. The van der Waals surface area contributed by atoms with E-state index >= 15 is 0 Å².